The van der Waals surface area contributed by atoms with Crippen molar-refractivity contribution in [3.63, 3.8) is 0 Å². The summed E-state index contributed by atoms with van der Waals surface area (Å²) < 4.78 is 0.930. The topological polar surface area (TPSA) is 57.6 Å². The maximum absolute atomic E-state index is 12.5. The molecule has 1 fully saturated rings. The van der Waals surface area contributed by atoms with Gasteiger partial charge in [-0.15, -0.1) is 0 Å². The van der Waals surface area contributed by atoms with Crippen LogP contribution in [0.25, 0.3) is 0 Å². The Morgan fingerprint density at radius 2 is 2.11 bits per heavy atom. The van der Waals surface area contributed by atoms with Crippen molar-refractivity contribution in [1.82, 2.24) is 4.90 Å². The number of hydrogen-bond donors (Lipinski definition) is 1. The largest absolute Gasteiger partial charge is 0.481 e. The normalized spacial score (nSPS) is 22.6. The first-order valence-corrected chi connectivity index (χ1v) is 7.01. The number of benzene rings is 1. The minimum atomic E-state index is -0.824. The van der Waals surface area contributed by atoms with Gasteiger partial charge < -0.3 is 10.0 Å². The average molecular weight is 326 g/mol. The Balaban J connectivity index is 2.23. The highest BCUT2D eigenvalue weighted by Crippen LogP contribution is 2.27. The molecule has 2 atom stereocenters. The fourth-order valence-corrected chi connectivity index (χ4v) is 3.05. The van der Waals surface area contributed by atoms with Crippen molar-refractivity contribution < 1.29 is 14.7 Å². The molecule has 0 radical (unpaired) electrons. The molecule has 4 nitrogen and oxygen atoms in total. The number of hydrogen-bond acceptors (Lipinski definition) is 2. The summed E-state index contributed by atoms with van der Waals surface area (Å²) in [5.41, 5.74) is 1.53. The van der Waals surface area contributed by atoms with E-state index in [-0.39, 0.29) is 11.9 Å². The van der Waals surface area contributed by atoms with Gasteiger partial charge >= 0.3 is 5.97 Å². The van der Waals surface area contributed by atoms with Crippen LogP contribution in [-0.2, 0) is 4.79 Å². The summed E-state index contributed by atoms with van der Waals surface area (Å²) in [6.45, 7) is 4.19. The van der Waals surface area contributed by atoms with Gasteiger partial charge in [0.2, 0.25) is 0 Å². The number of carboxylic acid groups (broad SMARTS) is 1. The van der Waals surface area contributed by atoms with Crippen molar-refractivity contribution in [2.75, 3.05) is 6.54 Å². The van der Waals surface area contributed by atoms with Crippen LogP contribution in [-0.4, -0.2) is 34.5 Å². The Kier molecular flexibility index (Phi) is 3.94. The van der Waals surface area contributed by atoms with Gasteiger partial charge in [-0.2, -0.15) is 0 Å². The Hall–Kier alpha value is -1.36. The van der Waals surface area contributed by atoms with Gasteiger partial charge in [-0.1, -0.05) is 15.9 Å². The van der Waals surface area contributed by atoms with E-state index in [1.165, 1.54) is 0 Å². The molecule has 19 heavy (non-hydrogen) atoms. The number of carboxylic acids is 1. The molecule has 1 heterocycles. The second-order valence-corrected chi connectivity index (χ2v) is 5.85. The fourth-order valence-electron chi connectivity index (χ4n) is 2.58. The van der Waals surface area contributed by atoms with Gasteiger partial charge in [0.25, 0.3) is 5.91 Å². The predicted molar refractivity (Wildman–Crippen MR) is 75.1 cm³/mol. The maximum atomic E-state index is 12.5. The molecule has 0 aliphatic carbocycles. The second-order valence-electron chi connectivity index (χ2n) is 4.93. The first-order chi connectivity index (χ1) is 8.91. The molecule has 1 N–H and O–H groups in total. The lowest BCUT2D eigenvalue weighted by atomic mass is 10.0. The molecule has 1 aromatic rings. The van der Waals surface area contributed by atoms with E-state index in [9.17, 15) is 9.59 Å². The van der Waals surface area contributed by atoms with Crippen molar-refractivity contribution >= 4 is 27.8 Å². The van der Waals surface area contributed by atoms with Crippen LogP contribution in [0.15, 0.2) is 22.7 Å². The zero-order valence-electron chi connectivity index (χ0n) is 10.9. The van der Waals surface area contributed by atoms with Gasteiger partial charge in [0.05, 0.1) is 5.92 Å². The first-order valence-electron chi connectivity index (χ1n) is 6.21. The third-order valence-electron chi connectivity index (χ3n) is 3.75. The molecule has 0 saturated carbocycles. The zero-order valence-corrected chi connectivity index (χ0v) is 12.5. The van der Waals surface area contributed by atoms with E-state index >= 15 is 0 Å². The average Bonchev–Trinajstić information content (AvgIpc) is 2.70. The van der Waals surface area contributed by atoms with Crippen molar-refractivity contribution in [3.8, 4) is 0 Å². The molecule has 1 aliphatic rings. The van der Waals surface area contributed by atoms with E-state index in [1.54, 1.807) is 17.9 Å². The number of carbonyl (C=O) groups is 2. The van der Waals surface area contributed by atoms with Crippen molar-refractivity contribution in [3.05, 3.63) is 33.8 Å². The molecule has 1 aromatic carbocycles. The van der Waals surface area contributed by atoms with Crippen LogP contribution in [0.2, 0.25) is 0 Å². The van der Waals surface area contributed by atoms with Gasteiger partial charge in [0, 0.05) is 22.6 Å². The summed E-state index contributed by atoms with van der Waals surface area (Å²) in [7, 11) is 0. The number of aryl methyl sites for hydroxylation is 1. The Labute approximate surface area is 120 Å². The molecular weight excluding hydrogens is 310 g/mol. The quantitative estimate of drug-likeness (QED) is 0.909. The van der Waals surface area contributed by atoms with Crippen LogP contribution in [0, 0.1) is 12.8 Å². The van der Waals surface area contributed by atoms with Crippen molar-refractivity contribution in [2.45, 2.75) is 26.3 Å². The number of rotatable bonds is 2. The van der Waals surface area contributed by atoms with Crippen molar-refractivity contribution in [1.29, 1.82) is 0 Å². The Morgan fingerprint density at radius 1 is 1.42 bits per heavy atom. The van der Waals surface area contributed by atoms with Crippen molar-refractivity contribution in [2.24, 2.45) is 5.92 Å². The Bertz CT molecular complexity index is 529. The summed E-state index contributed by atoms with van der Waals surface area (Å²) in [5, 5.41) is 9.10. The van der Waals surface area contributed by atoms with Gasteiger partial charge in [0.1, 0.15) is 0 Å². The summed E-state index contributed by atoms with van der Waals surface area (Å²) >= 11 is 3.37. The number of halogens is 1. The SMILES string of the molecule is Cc1cc(Br)ccc1C(=O)N1CCC(C(=O)O)C1C. The third kappa shape index (κ3) is 2.66. The monoisotopic (exact) mass is 325 g/mol. The summed E-state index contributed by atoms with van der Waals surface area (Å²) in [4.78, 5) is 25.2. The van der Waals surface area contributed by atoms with Gasteiger partial charge in [0.15, 0.2) is 0 Å². The number of carbonyl (C=O) groups excluding carboxylic acids is 1. The number of likely N-dealkylation sites (tertiary alicyclic amines) is 1. The molecule has 0 aromatic heterocycles. The van der Waals surface area contributed by atoms with Crippen LogP contribution in [0.3, 0.4) is 0 Å². The summed E-state index contributed by atoms with van der Waals surface area (Å²) in [6.07, 6.45) is 0.526. The standard InChI is InChI=1S/C14H16BrNO3/c1-8-7-10(15)3-4-11(8)13(17)16-6-5-12(9(16)2)14(18)19/h3-4,7,9,12H,5-6H2,1-2H3,(H,18,19). The molecule has 1 aliphatic heterocycles. The van der Waals surface area contributed by atoms with Gasteiger partial charge in [-0.3, -0.25) is 9.59 Å². The van der Waals surface area contributed by atoms with E-state index in [4.69, 9.17) is 5.11 Å². The Morgan fingerprint density at radius 3 is 2.63 bits per heavy atom. The van der Waals surface area contributed by atoms with Crippen LogP contribution in [0.1, 0.15) is 29.3 Å². The van der Waals surface area contributed by atoms with E-state index in [2.05, 4.69) is 15.9 Å². The third-order valence-corrected chi connectivity index (χ3v) is 4.25. The van der Waals surface area contributed by atoms with E-state index in [1.807, 2.05) is 19.1 Å². The van der Waals surface area contributed by atoms with Gasteiger partial charge in [-0.05, 0) is 44.0 Å². The fraction of sp³-hybridized carbons (Fsp3) is 0.429. The van der Waals surface area contributed by atoms with Crippen LogP contribution in [0.4, 0.5) is 0 Å². The van der Waals surface area contributed by atoms with Crippen LogP contribution < -0.4 is 0 Å². The molecule has 2 unspecified atom stereocenters. The first kappa shape index (κ1) is 14.1. The second kappa shape index (κ2) is 5.33. The highest BCUT2D eigenvalue weighted by molar-refractivity contribution is 9.10. The molecular formula is C14H16BrNO3. The minimum absolute atomic E-state index is 0.0822. The zero-order chi connectivity index (χ0) is 14.2. The number of amides is 1. The highest BCUT2D eigenvalue weighted by atomic mass is 79.9. The lowest BCUT2D eigenvalue weighted by Gasteiger charge is -2.24. The molecule has 5 heteroatoms. The molecule has 1 amide bonds. The number of nitrogens with zero attached hydrogens (tertiary/aromatic N) is 1. The van der Waals surface area contributed by atoms with E-state index < -0.39 is 11.9 Å². The molecule has 1 saturated heterocycles. The molecule has 0 bridgehead atoms. The van der Waals surface area contributed by atoms with E-state index in [0.717, 1.165) is 10.0 Å². The molecule has 2 rings (SSSR count). The van der Waals surface area contributed by atoms with Crippen LogP contribution >= 0.6 is 15.9 Å². The lowest BCUT2D eigenvalue weighted by Crippen LogP contribution is -2.37. The van der Waals surface area contributed by atoms with E-state index in [0.29, 0.717) is 18.5 Å². The minimum Gasteiger partial charge on any atom is -0.481 e. The predicted octanol–water partition coefficient (Wildman–Crippen LogP) is 2.69. The lowest BCUT2D eigenvalue weighted by molar-refractivity contribution is -0.142. The van der Waals surface area contributed by atoms with Gasteiger partial charge in [-0.25, -0.2) is 0 Å². The summed E-state index contributed by atoms with van der Waals surface area (Å²) in [5.74, 6) is -1.36. The maximum Gasteiger partial charge on any atom is 0.308 e. The molecule has 102 valence electrons. The number of aliphatic carboxylic acids is 1. The molecule has 0 spiro atoms. The van der Waals surface area contributed by atoms with Crippen LogP contribution in [0.5, 0.6) is 0 Å². The smallest absolute Gasteiger partial charge is 0.308 e. The highest BCUT2D eigenvalue weighted by Gasteiger charge is 2.38. The summed E-state index contributed by atoms with van der Waals surface area (Å²) in [6, 6.07) is 5.24.